The topological polar surface area (TPSA) is 33.1 Å². The van der Waals surface area contributed by atoms with E-state index in [0.29, 0.717) is 0 Å². The molecule has 0 aliphatic rings. The lowest BCUT2D eigenvalue weighted by atomic mass is 10.0. The quantitative estimate of drug-likeness (QED) is 0.902. The van der Waals surface area contributed by atoms with Crippen molar-refractivity contribution in [3.05, 3.63) is 40.5 Å². The summed E-state index contributed by atoms with van der Waals surface area (Å²) in [7, 11) is 0. The van der Waals surface area contributed by atoms with Crippen LogP contribution in [-0.2, 0) is 6.42 Å². The van der Waals surface area contributed by atoms with Gasteiger partial charge in [-0.3, -0.25) is 4.98 Å². The number of rotatable bonds is 5. The first-order chi connectivity index (χ1) is 8.70. The zero-order valence-corrected chi connectivity index (χ0v) is 12.2. The van der Waals surface area contributed by atoms with Gasteiger partial charge in [-0.05, 0) is 49.4 Å². The van der Waals surface area contributed by atoms with E-state index >= 15 is 0 Å². The van der Waals surface area contributed by atoms with Gasteiger partial charge in [-0.15, -0.1) is 0 Å². The molecule has 96 valence electrons. The van der Waals surface area contributed by atoms with Gasteiger partial charge in [0.2, 0.25) is 0 Å². The van der Waals surface area contributed by atoms with Crippen LogP contribution in [-0.4, -0.2) is 16.2 Å². The third-order valence-corrected chi connectivity index (χ3v) is 3.96. The number of pyridine rings is 1. The SMILES string of the molecule is CC[C@@H](O)CCCc1cc2ncccc2cc1Br. The third kappa shape index (κ3) is 3.30. The Hall–Kier alpha value is -0.930. The van der Waals surface area contributed by atoms with E-state index in [9.17, 15) is 5.11 Å². The number of nitrogens with zero attached hydrogens (tertiary/aromatic N) is 1. The number of fused-ring (bicyclic) bond motifs is 1. The monoisotopic (exact) mass is 307 g/mol. The summed E-state index contributed by atoms with van der Waals surface area (Å²) < 4.78 is 1.13. The Morgan fingerprint density at radius 3 is 3.00 bits per heavy atom. The fraction of sp³-hybridized carbons (Fsp3) is 0.400. The number of hydrogen-bond acceptors (Lipinski definition) is 2. The molecule has 1 aromatic heterocycles. The molecular weight excluding hydrogens is 290 g/mol. The van der Waals surface area contributed by atoms with Crippen molar-refractivity contribution in [3.63, 3.8) is 0 Å². The van der Waals surface area contributed by atoms with Crippen LogP contribution in [0.1, 0.15) is 31.7 Å². The highest BCUT2D eigenvalue weighted by Gasteiger charge is 2.05. The van der Waals surface area contributed by atoms with E-state index < -0.39 is 0 Å². The van der Waals surface area contributed by atoms with Crippen molar-refractivity contribution in [3.8, 4) is 0 Å². The highest BCUT2D eigenvalue weighted by Crippen LogP contribution is 2.24. The molecule has 2 aromatic rings. The molecule has 0 amide bonds. The summed E-state index contributed by atoms with van der Waals surface area (Å²) in [4.78, 5) is 4.37. The van der Waals surface area contributed by atoms with Gasteiger partial charge < -0.3 is 5.11 Å². The van der Waals surface area contributed by atoms with Gasteiger partial charge in [-0.25, -0.2) is 0 Å². The Morgan fingerprint density at radius 2 is 2.22 bits per heavy atom. The molecule has 0 radical (unpaired) electrons. The second kappa shape index (κ2) is 6.30. The lowest BCUT2D eigenvalue weighted by Gasteiger charge is -2.09. The molecule has 0 aliphatic heterocycles. The van der Waals surface area contributed by atoms with Gasteiger partial charge in [-0.1, -0.05) is 28.9 Å². The van der Waals surface area contributed by atoms with Crippen molar-refractivity contribution in [2.45, 2.75) is 38.7 Å². The molecule has 3 heteroatoms. The summed E-state index contributed by atoms with van der Waals surface area (Å²) >= 11 is 3.61. The maximum atomic E-state index is 9.55. The molecule has 0 spiro atoms. The zero-order valence-electron chi connectivity index (χ0n) is 10.6. The van der Waals surface area contributed by atoms with Crippen molar-refractivity contribution < 1.29 is 5.11 Å². The summed E-state index contributed by atoms with van der Waals surface area (Å²) in [6, 6.07) is 8.27. The smallest absolute Gasteiger partial charge is 0.0705 e. The molecule has 0 bridgehead atoms. The van der Waals surface area contributed by atoms with E-state index in [1.54, 1.807) is 0 Å². The number of aromatic nitrogens is 1. The standard InChI is InChI=1S/C15H18BrNO/c1-2-13(18)7-3-5-11-10-15-12(9-14(11)16)6-4-8-17-15/h4,6,8-10,13,18H,2-3,5,7H2,1H3/t13-/m1/s1. The molecule has 1 aromatic carbocycles. The van der Waals surface area contributed by atoms with E-state index in [0.717, 1.165) is 41.1 Å². The number of aliphatic hydroxyl groups is 1. The minimum atomic E-state index is -0.164. The van der Waals surface area contributed by atoms with Crippen LogP contribution < -0.4 is 0 Å². The lowest BCUT2D eigenvalue weighted by molar-refractivity contribution is 0.158. The molecule has 2 nitrogen and oxygen atoms in total. The van der Waals surface area contributed by atoms with Crippen LogP contribution in [0.3, 0.4) is 0 Å². The van der Waals surface area contributed by atoms with Gasteiger partial charge in [0.05, 0.1) is 11.6 Å². The largest absolute Gasteiger partial charge is 0.393 e. The molecule has 18 heavy (non-hydrogen) atoms. The maximum Gasteiger partial charge on any atom is 0.0705 e. The summed E-state index contributed by atoms with van der Waals surface area (Å²) in [6.07, 6.45) is 5.34. The van der Waals surface area contributed by atoms with Crippen LogP contribution >= 0.6 is 15.9 Å². The van der Waals surface area contributed by atoms with Crippen LogP contribution in [0.2, 0.25) is 0 Å². The van der Waals surface area contributed by atoms with Gasteiger partial charge in [0.15, 0.2) is 0 Å². The molecule has 0 saturated carbocycles. The Kier molecular flexibility index (Phi) is 4.72. The molecule has 2 rings (SSSR count). The van der Waals surface area contributed by atoms with Crippen molar-refractivity contribution in [2.75, 3.05) is 0 Å². The first-order valence-corrected chi connectivity index (χ1v) is 7.21. The normalized spacial score (nSPS) is 12.8. The van der Waals surface area contributed by atoms with Crippen molar-refractivity contribution in [2.24, 2.45) is 0 Å². The summed E-state index contributed by atoms with van der Waals surface area (Å²) in [5, 5.41) is 10.7. The van der Waals surface area contributed by atoms with Gasteiger partial charge in [0.25, 0.3) is 0 Å². The predicted molar refractivity (Wildman–Crippen MR) is 78.7 cm³/mol. The number of aliphatic hydroxyl groups excluding tert-OH is 1. The summed E-state index contributed by atoms with van der Waals surface area (Å²) in [5.41, 5.74) is 2.30. The first-order valence-electron chi connectivity index (χ1n) is 6.42. The fourth-order valence-electron chi connectivity index (χ4n) is 2.06. The molecule has 1 atom stereocenters. The minimum Gasteiger partial charge on any atom is -0.393 e. The molecule has 0 fully saturated rings. The summed E-state index contributed by atoms with van der Waals surface area (Å²) in [6.45, 7) is 2.01. The Labute approximate surface area is 116 Å². The van der Waals surface area contributed by atoms with E-state index in [1.165, 1.54) is 5.56 Å². The van der Waals surface area contributed by atoms with Crippen LogP contribution in [0.15, 0.2) is 34.9 Å². The Morgan fingerprint density at radius 1 is 1.39 bits per heavy atom. The maximum absolute atomic E-state index is 9.55. The van der Waals surface area contributed by atoms with Crippen LogP contribution in [0.25, 0.3) is 10.9 Å². The van der Waals surface area contributed by atoms with Gasteiger partial charge >= 0.3 is 0 Å². The highest BCUT2D eigenvalue weighted by atomic mass is 79.9. The Balaban J connectivity index is 2.10. The molecule has 0 aliphatic carbocycles. The van der Waals surface area contributed by atoms with Crippen molar-refractivity contribution in [1.82, 2.24) is 4.98 Å². The number of hydrogen-bond donors (Lipinski definition) is 1. The van der Waals surface area contributed by atoms with Crippen LogP contribution in [0.5, 0.6) is 0 Å². The van der Waals surface area contributed by atoms with Crippen LogP contribution in [0, 0.1) is 0 Å². The Bertz CT molecular complexity index is 527. The fourth-order valence-corrected chi connectivity index (χ4v) is 2.62. The van der Waals surface area contributed by atoms with E-state index in [2.05, 4.69) is 39.1 Å². The van der Waals surface area contributed by atoms with E-state index in [4.69, 9.17) is 0 Å². The number of benzene rings is 1. The molecule has 1 N–H and O–H groups in total. The van der Waals surface area contributed by atoms with Gasteiger partial charge in [0, 0.05) is 16.1 Å². The summed E-state index contributed by atoms with van der Waals surface area (Å²) in [5.74, 6) is 0. The zero-order chi connectivity index (χ0) is 13.0. The van der Waals surface area contributed by atoms with Crippen LogP contribution in [0.4, 0.5) is 0 Å². The highest BCUT2D eigenvalue weighted by molar-refractivity contribution is 9.10. The number of aryl methyl sites for hydroxylation is 1. The average molecular weight is 308 g/mol. The van der Waals surface area contributed by atoms with Gasteiger partial charge in [-0.2, -0.15) is 0 Å². The van der Waals surface area contributed by atoms with E-state index in [-0.39, 0.29) is 6.10 Å². The minimum absolute atomic E-state index is 0.164. The first kappa shape index (κ1) is 13.5. The average Bonchev–Trinajstić information content (AvgIpc) is 2.39. The molecular formula is C15H18BrNO. The van der Waals surface area contributed by atoms with Gasteiger partial charge in [0.1, 0.15) is 0 Å². The predicted octanol–water partition coefficient (Wildman–Crippen LogP) is 4.09. The molecule has 0 saturated heterocycles. The third-order valence-electron chi connectivity index (χ3n) is 3.23. The molecule has 0 unspecified atom stereocenters. The lowest BCUT2D eigenvalue weighted by Crippen LogP contribution is -2.04. The van der Waals surface area contributed by atoms with E-state index in [1.807, 2.05) is 19.2 Å². The number of halogens is 1. The van der Waals surface area contributed by atoms with Crippen molar-refractivity contribution >= 4 is 26.8 Å². The molecule has 1 heterocycles. The second-order valence-corrected chi connectivity index (χ2v) is 5.45. The van der Waals surface area contributed by atoms with Crippen molar-refractivity contribution in [1.29, 1.82) is 0 Å². The second-order valence-electron chi connectivity index (χ2n) is 4.59.